The molecule has 0 aromatic heterocycles. The summed E-state index contributed by atoms with van der Waals surface area (Å²) in [4.78, 5) is 12.9. The minimum Gasteiger partial charge on any atom is -0.341 e. The van der Waals surface area contributed by atoms with E-state index in [-0.39, 0.29) is 17.3 Å². The lowest BCUT2D eigenvalue weighted by molar-refractivity contribution is -0.129. The first kappa shape index (κ1) is 22.7. The van der Waals surface area contributed by atoms with Gasteiger partial charge in [0.05, 0.1) is 10.9 Å². The van der Waals surface area contributed by atoms with Gasteiger partial charge >= 0.3 is 0 Å². The van der Waals surface area contributed by atoms with E-state index in [1.54, 1.807) is 11.8 Å². The van der Waals surface area contributed by atoms with Crippen LogP contribution in [0, 0.1) is 0 Å². The molecule has 5 rings (SSSR count). The maximum absolute atomic E-state index is 12.9. The van der Waals surface area contributed by atoms with E-state index in [9.17, 15) is 4.79 Å². The Bertz CT molecular complexity index is 1140. The summed E-state index contributed by atoms with van der Waals surface area (Å²) in [5.74, 6) is 0.802. The molecule has 0 aliphatic carbocycles. The summed E-state index contributed by atoms with van der Waals surface area (Å²) in [6.07, 6.45) is 0. The molecule has 0 spiro atoms. The molecule has 4 aromatic carbocycles. The van der Waals surface area contributed by atoms with Crippen molar-refractivity contribution in [3.8, 4) is 0 Å². The van der Waals surface area contributed by atoms with Crippen LogP contribution in [0.3, 0.4) is 0 Å². The number of amides is 1. The standard InChI is InChI=1S/C29H25ClN2OS/c30-25-18-16-21(17-19-25)20-34-28-26(27(33)31-28)32-29(22-10-4-1-5-11-22,23-12-6-2-7-13-23)24-14-8-3-9-15-24/h1-19,26,28,32H,20H2,(H,31,33)/t26-,28+/m1/s1. The van der Waals surface area contributed by atoms with Crippen molar-refractivity contribution < 1.29 is 4.79 Å². The van der Waals surface area contributed by atoms with Crippen molar-refractivity contribution in [3.05, 3.63) is 143 Å². The molecule has 1 amide bonds. The molecule has 5 heteroatoms. The Kier molecular flexibility index (Phi) is 6.73. The molecule has 2 atom stereocenters. The van der Waals surface area contributed by atoms with Crippen molar-refractivity contribution in [2.75, 3.05) is 0 Å². The third kappa shape index (κ3) is 4.49. The van der Waals surface area contributed by atoms with E-state index in [0.29, 0.717) is 0 Å². The minimum absolute atomic E-state index is 0.0146. The average Bonchev–Trinajstić information content (AvgIpc) is 2.90. The summed E-state index contributed by atoms with van der Waals surface area (Å²) in [5, 5.41) is 7.58. The van der Waals surface area contributed by atoms with E-state index in [1.807, 2.05) is 78.9 Å². The molecule has 2 N–H and O–H groups in total. The third-order valence-corrected chi connectivity index (χ3v) is 7.71. The predicted molar refractivity (Wildman–Crippen MR) is 141 cm³/mol. The SMILES string of the molecule is O=C1N[C@@H](SCc2ccc(Cl)cc2)[C@@H]1NC(c1ccccc1)(c1ccccc1)c1ccccc1. The van der Waals surface area contributed by atoms with Gasteiger partial charge in [0.25, 0.3) is 0 Å². The van der Waals surface area contributed by atoms with Crippen LogP contribution in [0.25, 0.3) is 0 Å². The highest BCUT2D eigenvalue weighted by Crippen LogP contribution is 2.39. The molecule has 4 aromatic rings. The second-order valence-electron chi connectivity index (χ2n) is 8.34. The van der Waals surface area contributed by atoms with Gasteiger partial charge in [-0.15, -0.1) is 11.8 Å². The minimum atomic E-state index is -0.675. The van der Waals surface area contributed by atoms with Crippen LogP contribution in [0.4, 0.5) is 0 Å². The second kappa shape index (κ2) is 10.1. The van der Waals surface area contributed by atoms with Crippen LogP contribution < -0.4 is 10.6 Å². The highest BCUT2D eigenvalue weighted by Gasteiger charge is 2.47. The number of carbonyl (C=O) groups is 1. The lowest BCUT2D eigenvalue weighted by Crippen LogP contribution is -2.70. The zero-order chi connectivity index (χ0) is 23.4. The van der Waals surface area contributed by atoms with Crippen molar-refractivity contribution >= 4 is 29.3 Å². The molecule has 0 radical (unpaired) electrons. The van der Waals surface area contributed by atoms with Crippen LogP contribution in [0.2, 0.25) is 5.02 Å². The molecule has 0 bridgehead atoms. The topological polar surface area (TPSA) is 41.1 Å². The number of nitrogens with one attached hydrogen (secondary N) is 2. The van der Waals surface area contributed by atoms with Crippen LogP contribution in [0.5, 0.6) is 0 Å². The molecule has 0 unspecified atom stereocenters. The number of carbonyl (C=O) groups excluding carboxylic acids is 1. The maximum Gasteiger partial charge on any atom is 0.241 e. The van der Waals surface area contributed by atoms with Gasteiger partial charge in [-0.3, -0.25) is 10.1 Å². The van der Waals surface area contributed by atoms with Crippen molar-refractivity contribution in [2.24, 2.45) is 0 Å². The molecule has 3 nitrogen and oxygen atoms in total. The Balaban J connectivity index is 1.51. The first-order chi connectivity index (χ1) is 16.7. The summed E-state index contributed by atoms with van der Waals surface area (Å²) in [5.41, 5.74) is 3.77. The Morgan fingerprint density at radius 3 is 1.65 bits per heavy atom. The fourth-order valence-electron chi connectivity index (χ4n) is 4.45. The maximum atomic E-state index is 12.9. The van der Waals surface area contributed by atoms with Crippen LogP contribution in [0.15, 0.2) is 115 Å². The van der Waals surface area contributed by atoms with Gasteiger partial charge in [0, 0.05) is 10.8 Å². The van der Waals surface area contributed by atoms with Crippen LogP contribution >= 0.6 is 23.4 Å². The molecule has 34 heavy (non-hydrogen) atoms. The van der Waals surface area contributed by atoms with Gasteiger partial charge < -0.3 is 5.32 Å². The number of benzene rings is 4. The average molecular weight is 485 g/mol. The van der Waals surface area contributed by atoms with Crippen LogP contribution in [-0.4, -0.2) is 17.3 Å². The molecule has 1 aliphatic rings. The van der Waals surface area contributed by atoms with Gasteiger partial charge in [-0.25, -0.2) is 0 Å². The van der Waals surface area contributed by atoms with Gasteiger partial charge in [0.1, 0.15) is 6.04 Å². The van der Waals surface area contributed by atoms with Gasteiger partial charge in [-0.2, -0.15) is 0 Å². The van der Waals surface area contributed by atoms with E-state index < -0.39 is 5.54 Å². The van der Waals surface area contributed by atoms with E-state index in [1.165, 1.54) is 5.56 Å². The quantitative estimate of drug-likeness (QED) is 0.239. The monoisotopic (exact) mass is 484 g/mol. The number of rotatable bonds is 8. The summed E-state index contributed by atoms with van der Waals surface area (Å²) < 4.78 is 0. The lowest BCUT2D eigenvalue weighted by Gasteiger charge is -2.45. The summed E-state index contributed by atoms with van der Waals surface area (Å²) in [7, 11) is 0. The van der Waals surface area contributed by atoms with Crippen LogP contribution in [-0.2, 0) is 16.1 Å². The molecule has 170 valence electrons. The van der Waals surface area contributed by atoms with Crippen molar-refractivity contribution in [3.63, 3.8) is 0 Å². The molecule has 1 heterocycles. The lowest BCUT2D eigenvalue weighted by atomic mass is 9.76. The van der Waals surface area contributed by atoms with E-state index in [2.05, 4.69) is 47.0 Å². The van der Waals surface area contributed by atoms with Gasteiger partial charge in [0.15, 0.2) is 0 Å². The summed E-state index contributed by atoms with van der Waals surface area (Å²) >= 11 is 7.75. The number of β-lactam (4-membered cyclic amide) rings is 1. The number of hydrogen-bond acceptors (Lipinski definition) is 3. The van der Waals surface area contributed by atoms with E-state index >= 15 is 0 Å². The van der Waals surface area contributed by atoms with Crippen molar-refractivity contribution in [1.82, 2.24) is 10.6 Å². The van der Waals surface area contributed by atoms with Crippen molar-refractivity contribution in [2.45, 2.75) is 22.7 Å². The summed E-state index contributed by atoms with van der Waals surface area (Å²) in [6.45, 7) is 0. The Morgan fingerprint density at radius 2 is 1.21 bits per heavy atom. The van der Waals surface area contributed by atoms with Gasteiger partial charge in [-0.05, 0) is 34.4 Å². The van der Waals surface area contributed by atoms with Gasteiger partial charge in [0.2, 0.25) is 5.91 Å². The third-order valence-electron chi connectivity index (χ3n) is 6.20. The van der Waals surface area contributed by atoms with Crippen molar-refractivity contribution in [1.29, 1.82) is 0 Å². The smallest absolute Gasteiger partial charge is 0.241 e. The molecule has 0 saturated carbocycles. The second-order valence-corrected chi connectivity index (χ2v) is 9.90. The highest BCUT2D eigenvalue weighted by atomic mass is 35.5. The fourth-order valence-corrected chi connectivity index (χ4v) is 5.72. The van der Waals surface area contributed by atoms with E-state index in [4.69, 9.17) is 11.6 Å². The molecular formula is C29H25ClN2OS. The normalized spacial score (nSPS) is 17.6. The molecular weight excluding hydrogens is 460 g/mol. The fraction of sp³-hybridized carbons (Fsp3) is 0.138. The predicted octanol–water partition coefficient (Wildman–Crippen LogP) is 5.98. The number of halogens is 1. The molecule has 1 aliphatic heterocycles. The first-order valence-electron chi connectivity index (χ1n) is 11.3. The highest BCUT2D eigenvalue weighted by molar-refractivity contribution is 7.99. The largest absolute Gasteiger partial charge is 0.341 e. The van der Waals surface area contributed by atoms with Gasteiger partial charge in [-0.1, -0.05) is 115 Å². The van der Waals surface area contributed by atoms with E-state index in [0.717, 1.165) is 27.5 Å². The summed E-state index contributed by atoms with van der Waals surface area (Å²) in [6, 6.07) is 38.6. The first-order valence-corrected chi connectivity index (χ1v) is 12.7. The zero-order valence-electron chi connectivity index (χ0n) is 18.5. The number of thioether (sulfide) groups is 1. The van der Waals surface area contributed by atoms with Crippen LogP contribution in [0.1, 0.15) is 22.3 Å². The Hall–Kier alpha value is -3.05. The Morgan fingerprint density at radius 1 is 0.735 bits per heavy atom. The molecule has 1 saturated heterocycles. The molecule has 1 fully saturated rings. The number of hydrogen-bond donors (Lipinski definition) is 2. The zero-order valence-corrected chi connectivity index (χ0v) is 20.1. The Labute approximate surface area is 209 Å².